The van der Waals surface area contributed by atoms with E-state index in [0.29, 0.717) is 0 Å². The Bertz CT molecular complexity index is 447. The number of benzene rings is 1. The maximum Gasteiger partial charge on any atom is 0.0283 e. The fourth-order valence-corrected chi connectivity index (χ4v) is 5.53. The first kappa shape index (κ1) is 17.5. The van der Waals surface area contributed by atoms with E-state index >= 15 is 0 Å². The van der Waals surface area contributed by atoms with Crippen LogP contribution < -0.4 is 0 Å². The lowest BCUT2D eigenvalue weighted by molar-refractivity contribution is 0.156. The standard InChI is InChI=1S/C22H33Br/c1-2-3-17-4-8-19(9-5-17)21-12-14-22(15-13-21)20-10-6-18(16-23)7-11-20/h6-7,10-11,17,19,21-22H,2-5,8-9,12-16H2,1H3/t17-,19-,21-,22-. The Hall–Kier alpha value is -0.300. The second kappa shape index (κ2) is 8.70. The monoisotopic (exact) mass is 376 g/mol. The fourth-order valence-electron chi connectivity index (χ4n) is 5.16. The van der Waals surface area contributed by atoms with Crippen molar-refractivity contribution in [3.63, 3.8) is 0 Å². The van der Waals surface area contributed by atoms with Crippen molar-refractivity contribution in [1.29, 1.82) is 0 Å². The maximum atomic E-state index is 3.54. The molecule has 0 bridgehead atoms. The van der Waals surface area contributed by atoms with Gasteiger partial charge in [0.05, 0.1) is 0 Å². The third kappa shape index (κ3) is 4.62. The van der Waals surface area contributed by atoms with E-state index in [1.54, 1.807) is 5.56 Å². The zero-order valence-electron chi connectivity index (χ0n) is 14.8. The highest BCUT2D eigenvalue weighted by molar-refractivity contribution is 9.08. The van der Waals surface area contributed by atoms with Gasteiger partial charge in [-0.05, 0) is 73.3 Å². The molecule has 0 heterocycles. The minimum absolute atomic E-state index is 0.826. The first-order chi connectivity index (χ1) is 11.3. The second-order valence-electron chi connectivity index (χ2n) is 8.06. The van der Waals surface area contributed by atoms with Crippen LogP contribution in [0.3, 0.4) is 0 Å². The van der Waals surface area contributed by atoms with Crippen molar-refractivity contribution in [3.05, 3.63) is 35.4 Å². The third-order valence-electron chi connectivity index (χ3n) is 6.63. The molecule has 0 radical (unpaired) electrons. The molecule has 128 valence electrons. The second-order valence-corrected chi connectivity index (χ2v) is 8.62. The Morgan fingerprint density at radius 2 is 1.39 bits per heavy atom. The van der Waals surface area contributed by atoms with Gasteiger partial charge >= 0.3 is 0 Å². The van der Waals surface area contributed by atoms with Crippen LogP contribution in [0.1, 0.15) is 88.2 Å². The van der Waals surface area contributed by atoms with Crippen LogP contribution in [0, 0.1) is 17.8 Å². The molecule has 2 saturated carbocycles. The molecule has 0 aliphatic heterocycles. The van der Waals surface area contributed by atoms with Crippen LogP contribution in [-0.4, -0.2) is 0 Å². The molecule has 2 aliphatic carbocycles. The van der Waals surface area contributed by atoms with Crippen molar-refractivity contribution in [2.45, 2.75) is 82.4 Å². The van der Waals surface area contributed by atoms with Gasteiger partial charge in [-0.3, -0.25) is 0 Å². The molecule has 23 heavy (non-hydrogen) atoms. The normalized spacial score (nSPS) is 31.9. The van der Waals surface area contributed by atoms with E-state index in [1.165, 1.54) is 69.8 Å². The zero-order valence-corrected chi connectivity index (χ0v) is 16.4. The molecule has 2 fully saturated rings. The highest BCUT2D eigenvalue weighted by atomic mass is 79.9. The molecule has 0 unspecified atom stereocenters. The average Bonchev–Trinajstić information content (AvgIpc) is 2.63. The van der Waals surface area contributed by atoms with Gasteiger partial charge in [0, 0.05) is 5.33 Å². The lowest BCUT2D eigenvalue weighted by Gasteiger charge is -2.38. The number of hydrogen-bond acceptors (Lipinski definition) is 0. The predicted octanol–water partition coefficient (Wildman–Crippen LogP) is 7.46. The van der Waals surface area contributed by atoms with Crippen molar-refractivity contribution in [3.8, 4) is 0 Å². The van der Waals surface area contributed by atoms with Gasteiger partial charge in [0.2, 0.25) is 0 Å². The van der Waals surface area contributed by atoms with Gasteiger partial charge in [-0.15, -0.1) is 0 Å². The number of rotatable bonds is 5. The van der Waals surface area contributed by atoms with E-state index in [4.69, 9.17) is 0 Å². The summed E-state index contributed by atoms with van der Waals surface area (Å²) < 4.78 is 0. The van der Waals surface area contributed by atoms with E-state index in [9.17, 15) is 0 Å². The average molecular weight is 377 g/mol. The molecular weight excluding hydrogens is 344 g/mol. The van der Waals surface area contributed by atoms with Gasteiger partial charge < -0.3 is 0 Å². The minimum atomic E-state index is 0.826. The summed E-state index contributed by atoms with van der Waals surface area (Å²) in [6, 6.07) is 9.34. The number of hydrogen-bond donors (Lipinski definition) is 0. The quantitative estimate of drug-likeness (QED) is 0.467. The first-order valence-electron chi connectivity index (χ1n) is 9.95. The van der Waals surface area contributed by atoms with Crippen LogP contribution in [0.2, 0.25) is 0 Å². The SMILES string of the molecule is CCC[C@H]1CC[C@H]([C@H]2CC[C@H](c3ccc(CBr)cc3)CC2)CC1. The molecule has 0 aromatic heterocycles. The van der Waals surface area contributed by atoms with Gasteiger partial charge in [0.15, 0.2) is 0 Å². The van der Waals surface area contributed by atoms with E-state index < -0.39 is 0 Å². The van der Waals surface area contributed by atoms with Gasteiger partial charge in [-0.2, -0.15) is 0 Å². The molecule has 0 nitrogen and oxygen atoms in total. The van der Waals surface area contributed by atoms with Crippen molar-refractivity contribution < 1.29 is 0 Å². The smallest absolute Gasteiger partial charge is 0.0283 e. The first-order valence-corrected chi connectivity index (χ1v) is 11.1. The molecule has 0 spiro atoms. The van der Waals surface area contributed by atoms with Crippen molar-refractivity contribution in [1.82, 2.24) is 0 Å². The van der Waals surface area contributed by atoms with Crippen molar-refractivity contribution in [2.75, 3.05) is 0 Å². The van der Waals surface area contributed by atoms with Gasteiger partial charge in [0.1, 0.15) is 0 Å². The van der Waals surface area contributed by atoms with E-state index in [2.05, 4.69) is 47.1 Å². The van der Waals surface area contributed by atoms with E-state index in [-0.39, 0.29) is 0 Å². The zero-order chi connectivity index (χ0) is 16.1. The Kier molecular flexibility index (Phi) is 6.62. The van der Waals surface area contributed by atoms with Gasteiger partial charge in [0.25, 0.3) is 0 Å². The summed E-state index contributed by atoms with van der Waals surface area (Å²) >= 11 is 3.54. The topological polar surface area (TPSA) is 0 Å². The third-order valence-corrected chi connectivity index (χ3v) is 7.28. The molecule has 0 atom stereocenters. The molecule has 3 rings (SSSR count). The maximum absolute atomic E-state index is 3.54. The molecule has 0 saturated heterocycles. The summed E-state index contributed by atoms with van der Waals surface area (Å²) in [4.78, 5) is 0. The Balaban J connectivity index is 1.46. The van der Waals surface area contributed by atoms with E-state index in [0.717, 1.165) is 29.0 Å². The van der Waals surface area contributed by atoms with Crippen LogP contribution in [0.15, 0.2) is 24.3 Å². The Morgan fingerprint density at radius 3 is 1.91 bits per heavy atom. The van der Waals surface area contributed by atoms with E-state index in [1.807, 2.05) is 0 Å². The summed E-state index contributed by atoms with van der Waals surface area (Å²) in [5.74, 6) is 3.98. The van der Waals surface area contributed by atoms with Crippen molar-refractivity contribution >= 4 is 15.9 Å². The molecule has 1 heteroatoms. The lowest BCUT2D eigenvalue weighted by Crippen LogP contribution is -2.25. The number of halogens is 1. The van der Waals surface area contributed by atoms with Crippen LogP contribution in [0.4, 0.5) is 0 Å². The van der Waals surface area contributed by atoms with Crippen LogP contribution in [-0.2, 0) is 5.33 Å². The highest BCUT2D eigenvalue weighted by Crippen LogP contribution is 2.44. The van der Waals surface area contributed by atoms with Crippen molar-refractivity contribution in [2.24, 2.45) is 17.8 Å². The summed E-state index contributed by atoms with van der Waals surface area (Å²) in [5.41, 5.74) is 2.98. The molecule has 0 amide bonds. The summed E-state index contributed by atoms with van der Waals surface area (Å²) in [6.45, 7) is 2.35. The van der Waals surface area contributed by atoms with Crippen LogP contribution >= 0.6 is 15.9 Å². The van der Waals surface area contributed by atoms with Crippen LogP contribution in [0.25, 0.3) is 0 Å². The minimum Gasteiger partial charge on any atom is -0.0876 e. The predicted molar refractivity (Wildman–Crippen MR) is 104 cm³/mol. The molecule has 1 aromatic rings. The largest absolute Gasteiger partial charge is 0.0876 e. The highest BCUT2D eigenvalue weighted by Gasteiger charge is 2.30. The molecule has 2 aliphatic rings. The molecular formula is C22H33Br. The summed E-state index contributed by atoms with van der Waals surface area (Å²) in [6.07, 6.45) is 14.8. The number of alkyl halides is 1. The van der Waals surface area contributed by atoms with Gasteiger partial charge in [-0.1, -0.05) is 72.8 Å². The van der Waals surface area contributed by atoms with Crippen LogP contribution in [0.5, 0.6) is 0 Å². The summed E-state index contributed by atoms with van der Waals surface area (Å²) in [5, 5.41) is 0.973. The Morgan fingerprint density at radius 1 is 0.826 bits per heavy atom. The van der Waals surface area contributed by atoms with Gasteiger partial charge in [-0.25, -0.2) is 0 Å². The molecule has 1 aromatic carbocycles. The fraction of sp³-hybridized carbons (Fsp3) is 0.727. The Labute approximate surface area is 151 Å². The summed E-state index contributed by atoms with van der Waals surface area (Å²) in [7, 11) is 0. The molecule has 0 N–H and O–H groups in total. The lowest BCUT2D eigenvalue weighted by atomic mass is 9.68.